The third-order valence-corrected chi connectivity index (χ3v) is 13.4. The molecule has 4 N–H and O–H groups in total. The van der Waals surface area contributed by atoms with Gasteiger partial charge in [-0.1, -0.05) is 12.1 Å². The van der Waals surface area contributed by atoms with E-state index < -0.39 is 22.6 Å². The number of aromatic nitrogens is 2. The number of nitrogen functional groups attached to an aromatic ring is 1. The number of anilines is 4. The Balaban J connectivity index is 1.38. The standard InChI is InChI=1S/C30H43N6O4PS/c1-21(2)42(38,39)28-8-6-5-7-25(28)33-26-20-32-34-30(31)29(26)24-10-9-23(19-27(24)40-3)35-13-11-22(12-14-35)36-15-17-41(4,37)18-16-36/h5-10,19-22,37,41H,11-18H2,1-4H3,(H3,31,33,34). The van der Waals surface area contributed by atoms with Crippen LogP contribution >= 0.6 is 7.49 Å². The van der Waals surface area contributed by atoms with Gasteiger partial charge >= 0.3 is 139 Å². The van der Waals surface area contributed by atoms with Crippen molar-refractivity contribution in [2.24, 2.45) is 0 Å². The van der Waals surface area contributed by atoms with Gasteiger partial charge in [-0.05, 0) is 26.0 Å². The van der Waals surface area contributed by atoms with Crippen molar-refractivity contribution in [1.29, 1.82) is 0 Å². The Morgan fingerprint density at radius 1 is 1.07 bits per heavy atom. The normalized spacial score (nSPS) is 19.0. The second-order valence-electron chi connectivity index (χ2n) is 11.9. The van der Waals surface area contributed by atoms with Gasteiger partial charge in [-0.15, -0.1) is 5.10 Å². The second kappa shape index (κ2) is 12.3. The number of piperidine rings is 1. The zero-order chi connectivity index (χ0) is 30.1. The number of benzene rings is 2. The average Bonchev–Trinajstić information content (AvgIpc) is 2.97. The molecule has 12 heteroatoms. The summed E-state index contributed by atoms with van der Waals surface area (Å²) in [5, 5.41) is 10.8. The van der Waals surface area contributed by atoms with E-state index in [1.807, 2.05) is 12.1 Å². The molecule has 1 aromatic heterocycles. The number of sulfone groups is 1. The number of hydrogen-bond acceptors (Lipinski definition) is 10. The zero-order valence-corrected chi connectivity index (χ0v) is 26.7. The Morgan fingerprint density at radius 3 is 2.43 bits per heavy atom. The van der Waals surface area contributed by atoms with Gasteiger partial charge in [0, 0.05) is 0 Å². The number of rotatable bonds is 8. The minimum absolute atomic E-state index is 0.208. The van der Waals surface area contributed by atoms with Gasteiger partial charge in [0.25, 0.3) is 0 Å². The van der Waals surface area contributed by atoms with Gasteiger partial charge in [-0.2, -0.15) is 5.10 Å². The SMILES string of the molecule is COc1cc(N2CCC(N3CC[PH](C)(O)CC3)CC2)ccc1-c1c(Nc2ccccc2S(=O)(=O)C(C)C)cnnc1N. The predicted molar refractivity (Wildman–Crippen MR) is 173 cm³/mol. The summed E-state index contributed by atoms with van der Waals surface area (Å²) in [6.07, 6.45) is 5.65. The van der Waals surface area contributed by atoms with Gasteiger partial charge in [0.15, 0.2) is 15.7 Å². The Morgan fingerprint density at radius 2 is 1.76 bits per heavy atom. The van der Waals surface area contributed by atoms with E-state index in [2.05, 4.69) is 38.0 Å². The summed E-state index contributed by atoms with van der Waals surface area (Å²) in [5.41, 5.74) is 9.75. The van der Waals surface area contributed by atoms with Crippen molar-refractivity contribution in [2.45, 2.75) is 42.9 Å². The monoisotopic (exact) mass is 614 g/mol. The van der Waals surface area contributed by atoms with Crippen LogP contribution < -0.4 is 20.7 Å². The molecule has 3 aromatic rings. The molecule has 3 heterocycles. The number of nitrogens with one attached hydrogen (secondary N) is 1. The van der Waals surface area contributed by atoms with Gasteiger partial charge in [-0.3, -0.25) is 0 Å². The Kier molecular flexibility index (Phi) is 8.94. The minimum atomic E-state index is -3.54. The molecule has 0 radical (unpaired) electrons. The number of nitrogens with zero attached hydrogens (tertiary/aromatic N) is 4. The van der Waals surface area contributed by atoms with E-state index in [1.165, 1.54) is 0 Å². The third-order valence-electron chi connectivity index (χ3n) is 8.64. The van der Waals surface area contributed by atoms with Crippen LogP contribution in [0.2, 0.25) is 0 Å². The zero-order valence-electron chi connectivity index (χ0n) is 24.9. The van der Waals surface area contributed by atoms with Gasteiger partial charge in [0.1, 0.15) is 0 Å². The Hall–Kier alpha value is -2.98. The van der Waals surface area contributed by atoms with Gasteiger partial charge in [0.05, 0.1) is 27.7 Å². The van der Waals surface area contributed by atoms with E-state index in [0.717, 1.165) is 62.6 Å². The molecule has 2 fully saturated rings. The van der Waals surface area contributed by atoms with E-state index >= 15 is 0 Å². The first-order valence-corrected chi connectivity index (χ1v) is 19.0. The summed E-state index contributed by atoms with van der Waals surface area (Å²) in [5.74, 6) is 0.850. The number of para-hydroxylation sites is 1. The molecule has 0 atom stereocenters. The molecule has 2 aromatic carbocycles. The minimum Gasteiger partial charge on any atom is -0.382 e. The molecule has 10 nitrogen and oxygen atoms in total. The van der Waals surface area contributed by atoms with Crippen LogP contribution in [0.3, 0.4) is 0 Å². The van der Waals surface area contributed by atoms with Crippen molar-refractivity contribution in [3.8, 4) is 16.9 Å². The molecular formula is C30H43N6O4PS. The van der Waals surface area contributed by atoms with E-state index in [9.17, 15) is 13.3 Å². The summed E-state index contributed by atoms with van der Waals surface area (Å²) in [4.78, 5) is 15.6. The van der Waals surface area contributed by atoms with Gasteiger partial charge in [-0.25, -0.2) is 8.42 Å². The maximum absolute atomic E-state index is 13.1. The quantitative estimate of drug-likeness (QED) is 0.317. The fraction of sp³-hybridized carbons (Fsp3) is 0.467. The molecule has 0 bridgehead atoms. The van der Waals surface area contributed by atoms with Crippen molar-refractivity contribution in [3.05, 3.63) is 48.7 Å². The molecule has 2 aliphatic rings. The number of methoxy groups -OCH3 is 1. The molecule has 228 valence electrons. The van der Waals surface area contributed by atoms with Crippen molar-refractivity contribution in [1.82, 2.24) is 15.1 Å². The molecule has 0 spiro atoms. The van der Waals surface area contributed by atoms with Crippen LogP contribution in [0, 0.1) is 0 Å². The van der Waals surface area contributed by atoms with Crippen molar-refractivity contribution < 1.29 is 18.0 Å². The van der Waals surface area contributed by atoms with E-state index in [-0.39, 0.29) is 10.7 Å². The number of ether oxygens (including phenoxy) is 1. The molecule has 0 amide bonds. The Bertz CT molecular complexity index is 1520. The van der Waals surface area contributed by atoms with Crippen LogP contribution in [-0.4, -0.2) is 92.0 Å². The van der Waals surface area contributed by atoms with Crippen LogP contribution in [0.15, 0.2) is 53.6 Å². The van der Waals surface area contributed by atoms with E-state index in [0.29, 0.717) is 28.7 Å². The number of nitrogens with two attached hydrogens (primary N) is 1. The van der Waals surface area contributed by atoms with Crippen LogP contribution in [0.5, 0.6) is 5.75 Å². The summed E-state index contributed by atoms with van der Waals surface area (Å²) < 4.78 is 32.0. The fourth-order valence-corrected chi connectivity index (χ4v) is 8.93. The van der Waals surface area contributed by atoms with E-state index in [1.54, 1.807) is 51.4 Å². The molecule has 0 unspecified atom stereocenters. The molecule has 2 aliphatic heterocycles. The van der Waals surface area contributed by atoms with E-state index in [4.69, 9.17) is 10.5 Å². The molecule has 2 saturated heterocycles. The molecule has 0 aliphatic carbocycles. The molecule has 0 saturated carbocycles. The van der Waals surface area contributed by atoms with Crippen LogP contribution in [0.1, 0.15) is 26.7 Å². The summed E-state index contributed by atoms with van der Waals surface area (Å²) in [7, 11) is -3.87. The summed E-state index contributed by atoms with van der Waals surface area (Å²) in [6.45, 7) is 9.33. The van der Waals surface area contributed by atoms with Crippen molar-refractivity contribution in [2.75, 3.05) is 68.2 Å². The smallest absolute Gasteiger partial charge is 0.382 e. The Labute approximate surface area is 249 Å². The second-order valence-corrected chi connectivity index (χ2v) is 18.3. The predicted octanol–water partition coefficient (Wildman–Crippen LogP) is 4.23. The third kappa shape index (κ3) is 6.34. The first-order chi connectivity index (χ1) is 20.0. The van der Waals surface area contributed by atoms with Gasteiger partial charge in [0.2, 0.25) is 0 Å². The molecule has 5 rings (SSSR count). The van der Waals surface area contributed by atoms with Crippen molar-refractivity contribution in [3.63, 3.8) is 0 Å². The number of hydrogen-bond donors (Lipinski definition) is 3. The summed E-state index contributed by atoms with van der Waals surface area (Å²) >= 11 is 0. The topological polar surface area (TPSA) is 134 Å². The fourth-order valence-electron chi connectivity index (χ4n) is 5.94. The maximum atomic E-state index is 13.1. The van der Waals surface area contributed by atoms with Crippen LogP contribution in [-0.2, 0) is 9.84 Å². The average molecular weight is 615 g/mol. The van der Waals surface area contributed by atoms with Gasteiger partial charge < -0.3 is 11.1 Å². The summed E-state index contributed by atoms with van der Waals surface area (Å²) in [6, 6.07) is 13.5. The van der Waals surface area contributed by atoms with Crippen LogP contribution in [0.25, 0.3) is 11.1 Å². The molecule has 42 heavy (non-hydrogen) atoms. The van der Waals surface area contributed by atoms with Crippen LogP contribution in [0.4, 0.5) is 22.9 Å². The first kappa shape index (κ1) is 30.5. The van der Waals surface area contributed by atoms with Crippen molar-refractivity contribution >= 4 is 40.2 Å². The molecular weight excluding hydrogens is 571 g/mol. The first-order valence-electron chi connectivity index (χ1n) is 14.6.